The highest BCUT2D eigenvalue weighted by Gasteiger charge is 2.14. The highest BCUT2D eigenvalue weighted by molar-refractivity contribution is 5.54. The van der Waals surface area contributed by atoms with E-state index >= 15 is 0 Å². The minimum Gasteiger partial charge on any atom is -0.626 e. The Morgan fingerprint density at radius 1 is 1.33 bits per heavy atom. The van der Waals surface area contributed by atoms with Gasteiger partial charge in [0.05, 0.1) is 0 Å². The molecule has 1 aliphatic rings. The third kappa shape index (κ3) is 1.09. The van der Waals surface area contributed by atoms with Crippen molar-refractivity contribution >= 4 is 6.08 Å². The molecule has 0 saturated carbocycles. The number of hydroxylamine groups is 2. The Morgan fingerprint density at radius 2 is 2.08 bits per heavy atom. The van der Waals surface area contributed by atoms with Crippen LogP contribution in [-0.2, 0) is 6.54 Å². The van der Waals surface area contributed by atoms with Crippen LogP contribution in [0.5, 0.6) is 0 Å². The van der Waals surface area contributed by atoms with Crippen molar-refractivity contribution < 1.29 is 10.2 Å². The van der Waals surface area contributed by atoms with Crippen LogP contribution in [0.3, 0.4) is 0 Å². The molecule has 1 aliphatic heterocycles. The predicted octanol–water partition coefficient (Wildman–Crippen LogP) is 0.439. The molecule has 1 unspecified atom stereocenters. The average Bonchev–Trinajstić information content (AvgIpc) is 2.07. The van der Waals surface area contributed by atoms with Gasteiger partial charge in [-0.3, -0.25) is 0 Å². The van der Waals surface area contributed by atoms with Crippen LogP contribution in [-0.4, -0.2) is 5.11 Å². The van der Waals surface area contributed by atoms with Crippen molar-refractivity contribution in [1.82, 2.24) is 0 Å². The largest absolute Gasteiger partial charge is 0.626 e. The summed E-state index contributed by atoms with van der Waals surface area (Å²) in [6, 6.07) is 7.56. The van der Waals surface area contributed by atoms with Crippen molar-refractivity contribution in [3.05, 3.63) is 46.5 Å². The third-order valence-corrected chi connectivity index (χ3v) is 1.98. The molecule has 3 nitrogen and oxygen atoms in total. The second-order valence-electron chi connectivity index (χ2n) is 2.83. The summed E-state index contributed by atoms with van der Waals surface area (Å²) in [7, 11) is 0. The fourth-order valence-electron chi connectivity index (χ4n) is 1.33. The van der Waals surface area contributed by atoms with Gasteiger partial charge in [-0.2, -0.15) is 0 Å². The number of fused-ring (bicyclic) bond motifs is 1. The predicted molar refractivity (Wildman–Crippen MR) is 45.1 cm³/mol. The molecular weight excluding hydrogens is 154 g/mol. The Labute approximate surface area is 70.1 Å². The van der Waals surface area contributed by atoms with Gasteiger partial charge >= 0.3 is 0 Å². The van der Waals surface area contributed by atoms with Gasteiger partial charge < -0.3 is 15.4 Å². The average molecular weight is 163 g/mol. The molecule has 1 atom stereocenters. The molecule has 0 aromatic heterocycles. The van der Waals surface area contributed by atoms with Gasteiger partial charge in [0.2, 0.25) is 0 Å². The lowest BCUT2D eigenvalue weighted by molar-refractivity contribution is -0.838. The molecule has 62 valence electrons. The van der Waals surface area contributed by atoms with E-state index in [9.17, 15) is 5.21 Å². The first-order valence-corrected chi connectivity index (χ1v) is 3.79. The summed E-state index contributed by atoms with van der Waals surface area (Å²) in [5, 5.41) is 20.0. The van der Waals surface area contributed by atoms with Gasteiger partial charge in [-0.15, -0.1) is 0 Å². The number of nitrogens with one attached hydrogen (secondary N) is 1. The molecule has 1 heterocycles. The fourth-order valence-corrected chi connectivity index (χ4v) is 1.33. The normalized spacial score (nSPS) is 21.4. The van der Waals surface area contributed by atoms with Gasteiger partial charge in [0.25, 0.3) is 5.88 Å². The van der Waals surface area contributed by atoms with Crippen LogP contribution in [0.15, 0.2) is 30.1 Å². The van der Waals surface area contributed by atoms with E-state index in [4.69, 9.17) is 5.11 Å². The smallest absolute Gasteiger partial charge is 0.288 e. The van der Waals surface area contributed by atoms with Gasteiger partial charge in [-0.05, 0) is 5.56 Å². The molecule has 2 rings (SSSR count). The zero-order valence-corrected chi connectivity index (χ0v) is 6.45. The third-order valence-electron chi connectivity index (χ3n) is 1.98. The van der Waals surface area contributed by atoms with Crippen LogP contribution in [0.2, 0.25) is 0 Å². The van der Waals surface area contributed by atoms with Crippen LogP contribution in [0.25, 0.3) is 6.08 Å². The topological polar surface area (TPSA) is 47.7 Å². The van der Waals surface area contributed by atoms with E-state index < -0.39 is 0 Å². The molecule has 0 fully saturated rings. The molecule has 1 aromatic carbocycles. The second kappa shape index (κ2) is 2.62. The lowest BCUT2D eigenvalue weighted by atomic mass is 10.1. The monoisotopic (exact) mass is 163 g/mol. The standard InChI is InChI=1S/C9H9NO2/c11-9-5-7-3-1-2-4-8(7)6-10(9)12/h1-5,10-11H,6H2. The molecule has 0 spiro atoms. The molecule has 0 bridgehead atoms. The van der Waals surface area contributed by atoms with E-state index in [2.05, 4.69) is 0 Å². The molecule has 0 amide bonds. The maximum Gasteiger partial charge on any atom is 0.288 e. The molecule has 0 saturated heterocycles. The highest BCUT2D eigenvalue weighted by Crippen LogP contribution is 2.13. The van der Waals surface area contributed by atoms with Crippen molar-refractivity contribution in [2.75, 3.05) is 0 Å². The number of hydrogen-bond donors (Lipinski definition) is 2. The molecular formula is C9H9NO2. The molecule has 1 aromatic rings. The second-order valence-corrected chi connectivity index (χ2v) is 2.83. The van der Waals surface area contributed by atoms with E-state index in [1.807, 2.05) is 24.3 Å². The lowest BCUT2D eigenvalue weighted by Gasteiger charge is -2.24. The summed E-state index contributed by atoms with van der Waals surface area (Å²) in [6.45, 7) is 0.318. The van der Waals surface area contributed by atoms with Gasteiger partial charge in [0, 0.05) is 11.6 Å². The Balaban J connectivity index is 2.49. The van der Waals surface area contributed by atoms with Gasteiger partial charge in [0.1, 0.15) is 6.54 Å². The minimum absolute atomic E-state index is 0.131. The van der Waals surface area contributed by atoms with E-state index in [1.165, 1.54) is 6.08 Å². The van der Waals surface area contributed by atoms with Crippen molar-refractivity contribution in [2.45, 2.75) is 6.54 Å². The summed E-state index contributed by atoms with van der Waals surface area (Å²) in [4.78, 5) is 0. The number of quaternary nitrogens is 1. The molecule has 0 aliphatic carbocycles. The molecule has 12 heavy (non-hydrogen) atoms. The number of aliphatic hydroxyl groups is 1. The first kappa shape index (κ1) is 7.34. The minimum atomic E-state index is -0.200. The van der Waals surface area contributed by atoms with Crippen LogP contribution < -0.4 is 5.06 Å². The van der Waals surface area contributed by atoms with E-state index in [1.54, 1.807) is 0 Å². The maximum atomic E-state index is 11.0. The maximum absolute atomic E-state index is 11.0. The summed E-state index contributed by atoms with van der Waals surface area (Å²) < 4.78 is 0. The Bertz CT molecular complexity index is 333. The summed E-state index contributed by atoms with van der Waals surface area (Å²) in [6.07, 6.45) is 1.52. The van der Waals surface area contributed by atoms with Gasteiger partial charge in [0.15, 0.2) is 0 Å². The highest BCUT2D eigenvalue weighted by atomic mass is 16.5. The lowest BCUT2D eigenvalue weighted by Crippen LogP contribution is -3.04. The number of aliphatic hydroxyl groups excluding tert-OH is 1. The van der Waals surface area contributed by atoms with Crippen LogP contribution in [0, 0.1) is 5.21 Å². The van der Waals surface area contributed by atoms with Crippen molar-refractivity contribution in [2.24, 2.45) is 0 Å². The quantitative estimate of drug-likeness (QED) is 0.545. The Morgan fingerprint density at radius 3 is 2.92 bits per heavy atom. The van der Waals surface area contributed by atoms with E-state index in [-0.39, 0.29) is 10.9 Å². The van der Waals surface area contributed by atoms with Crippen LogP contribution in [0.4, 0.5) is 0 Å². The van der Waals surface area contributed by atoms with E-state index in [0.717, 1.165) is 11.1 Å². The first-order valence-electron chi connectivity index (χ1n) is 3.79. The van der Waals surface area contributed by atoms with Gasteiger partial charge in [-0.1, -0.05) is 24.3 Å². The van der Waals surface area contributed by atoms with E-state index in [0.29, 0.717) is 6.54 Å². The number of benzene rings is 1. The first-order chi connectivity index (χ1) is 5.77. The molecule has 2 N–H and O–H groups in total. The van der Waals surface area contributed by atoms with Crippen molar-refractivity contribution in [3.8, 4) is 0 Å². The number of rotatable bonds is 0. The van der Waals surface area contributed by atoms with Crippen molar-refractivity contribution in [3.63, 3.8) is 0 Å². The summed E-state index contributed by atoms with van der Waals surface area (Å²) >= 11 is 0. The Hall–Kier alpha value is -1.32. The summed E-state index contributed by atoms with van der Waals surface area (Å²) in [5.41, 5.74) is 1.93. The zero-order chi connectivity index (χ0) is 8.55. The van der Waals surface area contributed by atoms with Crippen LogP contribution in [0.1, 0.15) is 11.1 Å². The number of hydrogen-bond acceptors (Lipinski definition) is 2. The molecule has 0 radical (unpaired) electrons. The van der Waals surface area contributed by atoms with Gasteiger partial charge in [-0.25, -0.2) is 0 Å². The zero-order valence-electron chi connectivity index (χ0n) is 6.45. The fraction of sp³-hybridized carbons (Fsp3) is 0.111. The molecule has 3 heteroatoms. The Kier molecular flexibility index (Phi) is 1.60. The van der Waals surface area contributed by atoms with Crippen LogP contribution >= 0.6 is 0 Å². The summed E-state index contributed by atoms with van der Waals surface area (Å²) in [5.74, 6) is -0.131. The SMILES string of the molecule is [O-][NH+]1Cc2ccccc2C=C1O. The van der Waals surface area contributed by atoms with Crippen molar-refractivity contribution in [1.29, 1.82) is 0 Å².